The van der Waals surface area contributed by atoms with Crippen LogP contribution in [0.4, 0.5) is 8.78 Å². The number of likely N-dealkylation sites (tertiary alicyclic amines) is 2. The molecule has 1 N–H and O–H groups in total. The number of rotatable bonds is 8. The molecule has 35 heavy (non-hydrogen) atoms. The molecule has 5 nitrogen and oxygen atoms in total. The molecule has 4 rings (SSSR count). The van der Waals surface area contributed by atoms with Crippen LogP contribution in [-0.4, -0.2) is 71.9 Å². The molecule has 2 heterocycles. The van der Waals surface area contributed by atoms with Crippen molar-refractivity contribution in [3.8, 4) is 16.9 Å². The van der Waals surface area contributed by atoms with Crippen LogP contribution in [0.15, 0.2) is 42.5 Å². The molecular formula is C28H36F2N2O3. The van der Waals surface area contributed by atoms with Crippen molar-refractivity contribution >= 4 is 5.91 Å². The molecule has 1 amide bonds. The fourth-order valence-electron chi connectivity index (χ4n) is 5.12. The van der Waals surface area contributed by atoms with Crippen molar-refractivity contribution in [2.24, 2.45) is 5.92 Å². The number of benzene rings is 2. The van der Waals surface area contributed by atoms with Gasteiger partial charge >= 0.3 is 0 Å². The van der Waals surface area contributed by atoms with Gasteiger partial charge in [0.05, 0.1) is 24.8 Å². The summed E-state index contributed by atoms with van der Waals surface area (Å²) >= 11 is 0. The molecule has 0 spiro atoms. The van der Waals surface area contributed by atoms with Crippen LogP contribution in [0.5, 0.6) is 5.75 Å². The molecule has 2 aliphatic heterocycles. The Bertz CT molecular complexity index is 998. The fraction of sp³-hybridized carbons (Fsp3) is 0.536. The maximum absolute atomic E-state index is 14.8. The van der Waals surface area contributed by atoms with E-state index in [4.69, 9.17) is 4.74 Å². The van der Waals surface area contributed by atoms with Crippen molar-refractivity contribution in [2.75, 3.05) is 39.4 Å². The number of halogens is 2. The Balaban J connectivity index is 1.31. The predicted molar refractivity (Wildman–Crippen MR) is 133 cm³/mol. The number of nitrogens with zero attached hydrogens (tertiary/aromatic N) is 2. The van der Waals surface area contributed by atoms with Gasteiger partial charge in [-0.2, -0.15) is 0 Å². The molecule has 2 fully saturated rings. The van der Waals surface area contributed by atoms with Gasteiger partial charge in [0.25, 0.3) is 5.91 Å². The normalized spacial score (nSPS) is 19.8. The summed E-state index contributed by atoms with van der Waals surface area (Å²) in [6.45, 7) is 6.57. The molecule has 7 heteroatoms. The van der Waals surface area contributed by atoms with E-state index in [1.807, 2.05) is 24.3 Å². The molecule has 1 atom stereocenters. The number of hydrogen-bond acceptors (Lipinski definition) is 4. The Morgan fingerprint density at radius 3 is 2.37 bits per heavy atom. The summed E-state index contributed by atoms with van der Waals surface area (Å²) in [5.74, 6) is 0.291. The first-order chi connectivity index (χ1) is 16.7. The van der Waals surface area contributed by atoms with Gasteiger partial charge in [-0.1, -0.05) is 18.2 Å². The van der Waals surface area contributed by atoms with Crippen LogP contribution in [0.3, 0.4) is 0 Å². The lowest BCUT2D eigenvalue weighted by Crippen LogP contribution is -2.41. The first-order valence-corrected chi connectivity index (χ1v) is 12.6. The Morgan fingerprint density at radius 1 is 1.06 bits per heavy atom. The smallest absolute Gasteiger partial charge is 0.257 e. The van der Waals surface area contributed by atoms with Crippen LogP contribution in [0, 0.1) is 11.7 Å². The average Bonchev–Trinajstić information content (AvgIpc) is 3.31. The van der Waals surface area contributed by atoms with Gasteiger partial charge in [-0.3, -0.25) is 4.79 Å². The van der Waals surface area contributed by atoms with Gasteiger partial charge in [-0.05, 0) is 93.9 Å². The van der Waals surface area contributed by atoms with Gasteiger partial charge in [-0.15, -0.1) is 0 Å². The van der Waals surface area contributed by atoms with Crippen molar-refractivity contribution < 1.29 is 23.4 Å². The highest BCUT2D eigenvalue weighted by molar-refractivity contribution is 5.95. The topological polar surface area (TPSA) is 53.0 Å². The minimum Gasteiger partial charge on any atom is -0.493 e. The summed E-state index contributed by atoms with van der Waals surface area (Å²) in [4.78, 5) is 16.5. The fourth-order valence-corrected chi connectivity index (χ4v) is 5.12. The molecule has 0 aromatic heterocycles. The number of ether oxygens (including phenoxy) is 1. The van der Waals surface area contributed by atoms with E-state index in [9.17, 15) is 18.7 Å². The lowest BCUT2D eigenvalue weighted by atomic mass is 9.97. The third kappa shape index (κ3) is 6.58. The summed E-state index contributed by atoms with van der Waals surface area (Å²) in [6, 6.07) is 12.0. The maximum Gasteiger partial charge on any atom is 0.257 e. The first kappa shape index (κ1) is 25.6. The molecule has 190 valence electrons. The summed E-state index contributed by atoms with van der Waals surface area (Å²) in [7, 11) is 0. The van der Waals surface area contributed by atoms with Crippen LogP contribution in [0.1, 0.15) is 49.9 Å². The van der Waals surface area contributed by atoms with Crippen LogP contribution in [0.25, 0.3) is 11.1 Å². The van der Waals surface area contributed by atoms with Crippen LogP contribution in [-0.2, 0) is 0 Å². The predicted octanol–water partition coefficient (Wildman–Crippen LogP) is 4.93. The standard InChI is InChI=1S/C28H36F2N2O3/c1-28(2,30)19-31-14-11-20(12-15-31)18-35-24-8-5-21(6-9-24)22-7-10-25(26(29)16-22)27(34)32-13-3-4-23(32)17-33/h5-10,16,20,23,33H,3-4,11-15,17-19H2,1-2H3/t23-/m1/s1. The third-order valence-electron chi connectivity index (χ3n) is 7.03. The molecule has 0 saturated carbocycles. The molecule has 0 bridgehead atoms. The van der Waals surface area contributed by atoms with Crippen molar-refractivity contribution in [3.05, 3.63) is 53.8 Å². The van der Waals surface area contributed by atoms with E-state index < -0.39 is 11.5 Å². The van der Waals surface area contributed by atoms with E-state index in [1.54, 1.807) is 24.8 Å². The minimum atomic E-state index is -1.17. The van der Waals surface area contributed by atoms with Crippen LogP contribution in [0.2, 0.25) is 0 Å². The summed E-state index contributed by atoms with van der Waals surface area (Å²) in [5, 5.41) is 9.46. The number of aliphatic hydroxyl groups is 1. The average molecular weight is 487 g/mol. The van der Waals surface area contributed by atoms with E-state index in [0.29, 0.717) is 31.2 Å². The van der Waals surface area contributed by atoms with Gasteiger partial charge in [0.1, 0.15) is 17.2 Å². The molecular weight excluding hydrogens is 450 g/mol. The minimum absolute atomic E-state index is 0.0372. The van der Waals surface area contributed by atoms with E-state index in [1.165, 1.54) is 12.1 Å². The molecule has 2 saturated heterocycles. The molecule has 0 radical (unpaired) electrons. The molecule has 0 unspecified atom stereocenters. The van der Waals surface area contributed by atoms with E-state index in [0.717, 1.165) is 50.1 Å². The van der Waals surface area contributed by atoms with Crippen molar-refractivity contribution in [1.29, 1.82) is 0 Å². The van der Waals surface area contributed by atoms with E-state index in [2.05, 4.69) is 4.90 Å². The number of aliphatic hydroxyl groups excluding tert-OH is 1. The number of amides is 1. The largest absolute Gasteiger partial charge is 0.493 e. The number of carbonyl (C=O) groups is 1. The zero-order valence-corrected chi connectivity index (χ0v) is 20.7. The zero-order valence-electron chi connectivity index (χ0n) is 20.7. The highest BCUT2D eigenvalue weighted by atomic mass is 19.1. The molecule has 2 aliphatic rings. The van der Waals surface area contributed by atoms with Gasteiger partial charge in [0.2, 0.25) is 0 Å². The van der Waals surface area contributed by atoms with Gasteiger partial charge in [0.15, 0.2) is 0 Å². The molecule has 0 aliphatic carbocycles. The monoisotopic (exact) mass is 486 g/mol. The van der Waals surface area contributed by atoms with Crippen molar-refractivity contribution in [1.82, 2.24) is 9.80 Å². The van der Waals surface area contributed by atoms with E-state index in [-0.39, 0.29) is 24.1 Å². The number of carbonyl (C=O) groups excluding carboxylic acids is 1. The third-order valence-corrected chi connectivity index (χ3v) is 7.03. The maximum atomic E-state index is 14.8. The summed E-state index contributed by atoms with van der Waals surface area (Å²) < 4.78 is 34.7. The number of alkyl halides is 1. The Hall–Kier alpha value is -2.51. The lowest BCUT2D eigenvalue weighted by Gasteiger charge is -2.34. The van der Waals surface area contributed by atoms with Crippen molar-refractivity contribution in [3.63, 3.8) is 0 Å². The second-order valence-corrected chi connectivity index (χ2v) is 10.4. The van der Waals surface area contributed by atoms with Gasteiger partial charge in [-0.25, -0.2) is 8.78 Å². The second-order valence-electron chi connectivity index (χ2n) is 10.4. The highest BCUT2D eigenvalue weighted by Crippen LogP contribution is 2.27. The Morgan fingerprint density at radius 2 is 1.74 bits per heavy atom. The van der Waals surface area contributed by atoms with Crippen molar-refractivity contribution in [2.45, 2.75) is 51.2 Å². The van der Waals surface area contributed by atoms with Crippen LogP contribution >= 0.6 is 0 Å². The molecule has 2 aromatic carbocycles. The lowest BCUT2D eigenvalue weighted by molar-refractivity contribution is 0.0673. The highest BCUT2D eigenvalue weighted by Gasteiger charge is 2.30. The summed E-state index contributed by atoms with van der Waals surface area (Å²) in [5.41, 5.74) is 0.400. The second kappa shape index (κ2) is 11.0. The zero-order chi connectivity index (χ0) is 25.0. The number of piperidine rings is 1. The summed E-state index contributed by atoms with van der Waals surface area (Å²) in [6.07, 6.45) is 3.55. The first-order valence-electron chi connectivity index (χ1n) is 12.6. The van der Waals surface area contributed by atoms with Crippen LogP contribution < -0.4 is 4.74 Å². The van der Waals surface area contributed by atoms with Gasteiger partial charge < -0.3 is 19.6 Å². The Kier molecular flexibility index (Phi) is 8.07. The van der Waals surface area contributed by atoms with Gasteiger partial charge in [0, 0.05) is 13.1 Å². The molecule has 2 aromatic rings. The number of hydrogen-bond donors (Lipinski definition) is 1. The van der Waals surface area contributed by atoms with E-state index >= 15 is 0 Å². The SMILES string of the molecule is CC(C)(F)CN1CCC(COc2ccc(-c3ccc(C(=O)N4CCC[C@@H]4CO)c(F)c3)cc2)CC1. The Labute approximate surface area is 206 Å². The quantitative estimate of drug-likeness (QED) is 0.575.